The van der Waals surface area contributed by atoms with Crippen LogP contribution in [-0.4, -0.2) is 23.1 Å². The molecular weight excluding hydrogens is 366 g/mol. The number of hydrogen-bond donors (Lipinski definition) is 2. The average molecular weight is 394 g/mol. The predicted octanol–water partition coefficient (Wildman–Crippen LogP) is 4.05. The first-order valence-corrected chi connectivity index (χ1v) is 10.3. The van der Waals surface area contributed by atoms with Crippen LogP contribution >= 0.6 is 0 Å². The molecule has 0 saturated heterocycles. The molecule has 0 unspecified atom stereocenters. The maximum atomic E-state index is 11.2. The van der Waals surface area contributed by atoms with Crippen LogP contribution in [0, 0.1) is 10.1 Å². The monoisotopic (exact) mass is 394 g/mol. The van der Waals surface area contributed by atoms with Crippen LogP contribution in [0.1, 0.15) is 49.0 Å². The maximum Gasteiger partial charge on any atom is 0.270 e. The van der Waals surface area contributed by atoms with Crippen molar-refractivity contribution in [2.45, 2.75) is 51.1 Å². The highest BCUT2D eigenvalue weighted by Crippen LogP contribution is 2.34. The first-order valence-electron chi connectivity index (χ1n) is 10.3. The quantitative estimate of drug-likeness (QED) is 0.468. The van der Waals surface area contributed by atoms with Gasteiger partial charge < -0.3 is 15.0 Å². The van der Waals surface area contributed by atoms with Crippen molar-refractivity contribution in [3.63, 3.8) is 0 Å². The highest BCUT2D eigenvalue weighted by atomic mass is 16.6. The second-order valence-electron chi connectivity index (χ2n) is 8.06. The number of nitrogens with one attached hydrogen (secondary N) is 1. The number of aryl methyl sites for hydroxylation is 2. The Balaban J connectivity index is 1.46. The van der Waals surface area contributed by atoms with E-state index >= 15 is 0 Å². The fourth-order valence-corrected chi connectivity index (χ4v) is 4.47. The maximum absolute atomic E-state index is 11.2. The topological polar surface area (TPSA) is 84.8 Å². The van der Waals surface area contributed by atoms with Gasteiger partial charge in [0.25, 0.3) is 5.69 Å². The van der Waals surface area contributed by atoms with Crippen LogP contribution in [0.5, 0.6) is 5.75 Å². The van der Waals surface area contributed by atoms with Gasteiger partial charge >= 0.3 is 0 Å². The summed E-state index contributed by atoms with van der Waals surface area (Å²) in [6, 6.07) is 14.3. The third-order valence-electron chi connectivity index (χ3n) is 6.05. The number of fused-ring (bicyclic) bond motifs is 3. The Morgan fingerprint density at radius 2 is 2.07 bits per heavy atom. The largest absolute Gasteiger partial charge is 0.497 e. The molecule has 6 heteroatoms. The smallest absolute Gasteiger partial charge is 0.270 e. The number of quaternary nitrogens is 1. The number of methoxy groups -OCH3 is 1. The van der Waals surface area contributed by atoms with Gasteiger partial charge in [0.05, 0.1) is 23.8 Å². The molecule has 2 atom stereocenters. The molecular formula is C23H28N3O3+. The number of aromatic amines is 1. The Bertz CT molecular complexity index is 1010. The molecule has 0 radical (unpaired) electrons. The zero-order chi connectivity index (χ0) is 20.4. The Kier molecular flexibility index (Phi) is 5.53. The van der Waals surface area contributed by atoms with Crippen LogP contribution < -0.4 is 10.1 Å². The van der Waals surface area contributed by atoms with E-state index in [1.807, 2.05) is 18.2 Å². The van der Waals surface area contributed by atoms with Gasteiger partial charge in [0, 0.05) is 35.9 Å². The van der Waals surface area contributed by atoms with Gasteiger partial charge in [0.15, 0.2) is 0 Å². The molecule has 2 aromatic carbocycles. The molecule has 1 aliphatic rings. The first-order chi connectivity index (χ1) is 14.0. The van der Waals surface area contributed by atoms with E-state index in [0.717, 1.165) is 48.8 Å². The van der Waals surface area contributed by atoms with Gasteiger partial charge in [-0.05, 0) is 55.5 Å². The number of nitrogens with two attached hydrogens (primary N) is 1. The summed E-state index contributed by atoms with van der Waals surface area (Å²) in [6.45, 7) is 2.28. The van der Waals surface area contributed by atoms with E-state index in [9.17, 15) is 10.1 Å². The number of hydrogen-bond acceptors (Lipinski definition) is 3. The standard InChI is InChI=1S/C23H27N3O3/c1-15(6-7-16-8-11-18(29-2)12-9-16)24-22-5-3-4-19-20-14-17(26(27)28)10-13-21(20)25-23(19)22/h8-15,22,24-25H,3-7H2,1-2H3/p+1/t15-,22+/m0/s1. The van der Waals surface area contributed by atoms with Gasteiger partial charge in [0.1, 0.15) is 11.8 Å². The van der Waals surface area contributed by atoms with E-state index < -0.39 is 0 Å². The summed E-state index contributed by atoms with van der Waals surface area (Å²) in [5.74, 6) is 0.891. The number of benzene rings is 2. The lowest BCUT2D eigenvalue weighted by atomic mass is 9.91. The van der Waals surface area contributed by atoms with Gasteiger partial charge in [-0.1, -0.05) is 12.1 Å². The molecule has 0 spiro atoms. The minimum absolute atomic E-state index is 0.165. The number of nitro groups is 1. The minimum atomic E-state index is -0.313. The second-order valence-corrected chi connectivity index (χ2v) is 8.06. The zero-order valence-electron chi connectivity index (χ0n) is 17.0. The number of nitro benzene ring substituents is 1. The number of H-pyrrole nitrogens is 1. The fourth-order valence-electron chi connectivity index (χ4n) is 4.47. The van der Waals surface area contributed by atoms with E-state index in [1.165, 1.54) is 16.8 Å². The average Bonchev–Trinajstić information content (AvgIpc) is 3.11. The number of non-ortho nitro benzene ring substituents is 1. The number of nitrogens with zero attached hydrogens (tertiary/aromatic N) is 1. The summed E-state index contributed by atoms with van der Waals surface area (Å²) in [4.78, 5) is 14.4. The molecule has 0 bridgehead atoms. The molecule has 3 aromatic rings. The van der Waals surface area contributed by atoms with Crippen molar-refractivity contribution >= 4 is 16.6 Å². The number of aromatic nitrogens is 1. The molecule has 3 N–H and O–H groups in total. The van der Waals surface area contributed by atoms with Crippen LogP contribution in [0.25, 0.3) is 10.9 Å². The summed E-state index contributed by atoms with van der Waals surface area (Å²) >= 11 is 0. The summed E-state index contributed by atoms with van der Waals surface area (Å²) in [6.07, 6.45) is 5.38. The lowest BCUT2D eigenvalue weighted by molar-refractivity contribution is -0.727. The van der Waals surface area contributed by atoms with Crippen molar-refractivity contribution in [2.24, 2.45) is 0 Å². The number of rotatable bonds is 7. The zero-order valence-corrected chi connectivity index (χ0v) is 17.0. The molecule has 1 aliphatic carbocycles. The van der Waals surface area contributed by atoms with Crippen LogP contribution in [0.3, 0.4) is 0 Å². The normalized spacial score (nSPS) is 17.1. The molecule has 0 saturated carbocycles. The van der Waals surface area contributed by atoms with Crippen LogP contribution in [0.2, 0.25) is 0 Å². The highest BCUT2D eigenvalue weighted by Gasteiger charge is 2.28. The Morgan fingerprint density at radius 1 is 1.28 bits per heavy atom. The Hall–Kier alpha value is -2.86. The fraction of sp³-hybridized carbons (Fsp3) is 0.391. The third kappa shape index (κ3) is 4.12. The van der Waals surface area contributed by atoms with Gasteiger partial charge in [0.2, 0.25) is 0 Å². The van der Waals surface area contributed by atoms with Crippen LogP contribution in [0.15, 0.2) is 42.5 Å². The molecule has 1 heterocycles. The lowest BCUT2D eigenvalue weighted by Crippen LogP contribution is -2.90. The predicted molar refractivity (Wildman–Crippen MR) is 113 cm³/mol. The Labute approximate surface area is 170 Å². The van der Waals surface area contributed by atoms with E-state index in [0.29, 0.717) is 12.1 Å². The van der Waals surface area contributed by atoms with Crippen molar-refractivity contribution < 1.29 is 15.0 Å². The Morgan fingerprint density at radius 3 is 2.79 bits per heavy atom. The van der Waals surface area contributed by atoms with Gasteiger partial charge in [-0.2, -0.15) is 0 Å². The highest BCUT2D eigenvalue weighted by molar-refractivity contribution is 5.87. The van der Waals surface area contributed by atoms with Crippen molar-refractivity contribution in [3.8, 4) is 5.75 Å². The van der Waals surface area contributed by atoms with Crippen molar-refractivity contribution in [1.82, 2.24) is 4.98 Å². The van der Waals surface area contributed by atoms with E-state index in [-0.39, 0.29) is 10.6 Å². The van der Waals surface area contributed by atoms with Gasteiger partial charge in [-0.25, -0.2) is 0 Å². The van der Waals surface area contributed by atoms with Crippen molar-refractivity contribution in [3.05, 3.63) is 69.4 Å². The van der Waals surface area contributed by atoms with Crippen LogP contribution in [0.4, 0.5) is 5.69 Å². The van der Waals surface area contributed by atoms with Crippen molar-refractivity contribution in [1.29, 1.82) is 0 Å². The molecule has 0 amide bonds. The molecule has 4 rings (SSSR count). The van der Waals surface area contributed by atoms with E-state index in [2.05, 4.69) is 29.4 Å². The summed E-state index contributed by atoms with van der Waals surface area (Å²) in [5.41, 5.74) is 5.01. The SMILES string of the molecule is COc1ccc(CC[C@H](C)[NH2+][C@@H]2CCCc3c2[nH]c2ccc([N+](=O)[O-])cc32)cc1. The lowest BCUT2D eigenvalue weighted by Gasteiger charge is -2.24. The molecule has 152 valence electrons. The summed E-state index contributed by atoms with van der Waals surface area (Å²) < 4.78 is 5.23. The third-order valence-corrected chi connectivity index (χ3v) is 6.05. The molecule has 0 aliphatic heterocycles. The van der Waals surface area contributed by atoms with E-state index in [4.69, 9.17) is 4.74 Å². The van der Waals surface area contributed by atoms with Gasteiger partial charge in [-0.3, -0.25) is 10.1 Å². The second kappa shape index (κ2) is 8.25. The summed E-state index contributed by atoms with van der Waals surface area (Å²) in [7, 11) is 1.69. The number of ether oxygens (including phenoxy) is 1. The molecule has 1 aromatic heterocycles. The van der Waals surface area contributed by atoms with E-state index in [1.54, 1.807) is 19.2 Å². The molecule has 6 nitrogen and oxygen atoms in total. The molecule has 0 fully saturated rings. The van der Waals surface area contributed by atoms with Crippen LogP contribution in [-0.2, 0) is 12.8 Å². The van der Waals surface area contributed by atoms with Gasteiger partial charge in [-0.15, -0.1) is 0 Å². The first kappa shape index (κ1) is 19.5. The summed E-state index contributed by atoms with van der Waals surface area (Å²) in [5, 5.41) is 14.6. The molecule has 29 heavy (non-hydrogen) atoms. The minimum Gasteiger partial charge on any atom is -0.497 e. The van der Waals surface area contributed by atoms with Crippen molar-refractivity contribution in [2.75, 3.05) is 7.11 Å².